The van der Waals surface area contributed by atoms with E-state index in [0.717, 1.165) is 25.7 Å². The van der Waals surface area contributed by atoms with Gasteiger partial charge >= 0.3 is 5.97 Å². The zero-order valence-electron chi connectivity index (χ0n) is 9.93. The molecule has 0 radical (unpaired) electrons. The fraction of sp³-hybridized carbons (Fsp3) is 0.500. The van der Waals surface area contributed by atoms with Crippen molar-refractivity contribution in [3.05, 3.63) is 34.5 Å². The van der Waals surface area contributed by atoms with Gasteiger partial charge in [0.15, 0.2) is 0 Å². The minimum Gasteiger partial charge on any atom is -0.465 e. The largest absolute Gasteiger partial charge is 0.465 e. The molecule has 2 rings (SSSR count). The number of esters is 1. The van der Waals surface area contributed by atoms with Gasteiger partial charge in [0.25, 0.3) is 0 Å². The molecule has 1 aliphatic rings. The summed E-state index contributed by atoms with van der Waals surface area (Å²) in [5.41, 5.74) is 1.23. The molecule has 1 atom stereocenters. The first-order valence-electron chi connectivity index (χ1n) is 6.16. The smallest absolute Gasteiger partial charge is 0.306 e. The first-order chi connectivity index (χ1) is 8.34. The molecule has 17 heavy (non-hydrogen) atoms. The number of carbonyl (C=O) groups is 1. The third-order valence-electron chi connectivity index (χ3n) is 3.06. The summed E-state index contributed by atoms with van der Waals surface area (Å²) in [7, 11) is 0. The van der Waals surface area contributed by atoms with Crippen LogP contribution in [0, 0.1) is 5.92 Å². The Kier molecular flexibility index (Phi) is 4.80. The molecule has 0 N–H and O–H groups in total. The molecule has 0 fully saturated rings. The Bertz CT molecular complexity index is 368. The van der Waals surface area contributed by atoms with Crippen LogP contribution in [0.2, 0.25) is 0 Å². The first-order valence-corrected chi connectivity index (χ1v) is 7.10. The van der Waals surface area contributed by atoms with E-state index in [2.05, 4.69) is 23.6 Å². The quantitative estimate of drug-likeness (QED) is 0.590. The predicted molar refractivity (Wildman–Crippen MR) is 70.1 cm³/mol. The maximum Gasteiger partial charge on any atom is 0.306 e. The van der Waals surface area contributed by atoms with E-state index in [-0.39, 0.29) is 5.97 Å². The van der Waals surface area contributed by atoms with Crippen LogP contribution in [0.4, 0.5) is 0 Å². The highest BCUT2D eigenvalue weighted by Crippen LogP contribution is 2.18. The van der Waals surface area contributed by atoms with Crippen molar-refractivity contribution in [3.63, 3.8) is 0 Å². The van der Waals surface area contributed by atoms with E-state index in [1.807, 2.05) is 5.38 Å². The van der Waals surface area contributed by atoms with Crippen molar-refractivity contribution < 1.29 is 9.53 Å². The molecule has 0 amide bonds. The number of hydrogen-bond acceptors (Lipinski definition) is 3. The van der Waals surface area contributed by atoms with Crippen molar-refractivity contribution in [2.75, 3.05) is 6.61 Å². The molecule has 0 saturated carbocycles. The van der Waals surface area contributed by atoms with Crippen LogP contribution in [0.3, 0.4) is 0 Å². The van der Waals surface area contributed by atoms with Gasteiger partial charge in [0.1, 0.15) is 0 Å². The van der Waals surface area contributed by atoms with Gasteiger partial charge in [-0.25, -0.2) is 0 Å². The first kappa shape index (κ1) is 12.4. The van der Waals surface area contributed by atoms with E-state index in [9.17, 15) is 4.79 Å². The lowest BCUT2D eigenvalue weighted by Gasteiger charge is -2.17. The van der Waals surface area contributed by atoms with E-state index in [0.29, 0.717) is 18.9 Å². The lowest BCUT2D eigenvalue weighted by atomic mass is 9.95. The average Bonchev–Trinajstić information content (AvgIpc) is 2.88. The van der Waals surface area contributed by atoms with Gasteiger partial charge in [0.2, 0.25) is 0 Å². The third-order valence-corrected chi connectivity index (χ3v) is 3.79. The number of allylic oxidation sites excluding steroid dienone is 2. The molecule has 1 aromatic heterocycles. The summed E-state index contributed by atoms with van der Waals surface area (Å²) in [4.78, 5) is 11.5. The molecule has 2 nitrogen and oxygen atoms in total. The summed E-state index contributed by atoms with van der Waals surface area (Å²) < 4.78 is 5.31. The second-order valence-corrected chi connectivity index (χ2v) is 5.25. The van der Waals surface area contributed by atoms with Gasteiger partial charge in [-0.05, 0) is 54.0 Å². The van der Waals surface area contributed by atoms with Gasteiger partial charge in [-0.15, -0.1) is 0 Å². The van der Waals surface area contributed by atoms with Gasteiger partial charge in [0, 0.05) is 6.42 Å². The monoisotopic (exact) mass is 250 g/mol. The van der Waals surface area contributed by atoms with Crippen molar-refractivity contribution in [2.24, 2.45) is 5.92 Å². The summed E-state index contributed by atoms with van der Waals surface area (Å²) in [5, 5.41) is 4.12. The second-order valence-electron chi connectivity index (χ2n) is 4.47. The van der Waals surface area contributed by atoms with E-state index < -0.39 is 0 Å². The maximum atomic E-state index is 11.5. The zero-order valence-corrected chi connectivity index (χ0v) is 10.7. The van der Waals surface area contributed by atoms with Crippen LogP contribution in [0.25, 0.3) is 0 Å². The molecule has 92 valence electrons. The zero-order chi connectivity index (χ0) is 11.9. The van der Waals surface area contributed by atoms with Gasteiger partial charge in [-0.2, -0.15) is 11.3 Å². The van der Waals surface area contributed by atoms with E-state index in [1.165, 1.54) is 5.56 Å². The Labute approximate surface area is 106 Å². The molecule has 1 unspecified atom stereocenters. The molecular formula is C14H18O2S. The van der Waals surface area contributed by atoms with Crippen molar-refractivity contribution in [1.82, 2.24) is 0 Å². The van der Waals surface area contributed by atoms with Crippen LogP contribution >= 0.6 is 11.3 Å². The number of rotatable bonds is 5. The second kappa shape index (κ2) is 6.60. The van der Waals surface area contributed by atoms with Crippen molar-refractivity contribution >= 4 is 17.3 Å². The fourth-order valence-electron chi connectivity index (χ4n) is 1.97. The fourth-order valence-corrected chi connectivity index (χ4v) is 2.68. The van der Waals surface area contributed by atoms with E-state index in [1.54, 1.807) is 11.3 Å². The third kappa shape index (κ3) is 4.35. The SMILES string of the molecule is O=C(CCc1ccsc1)OCC1CC=CCC1. The molecule has 0 saturated heterocycles. The highest BCUT2D eigenvalue weighted by Gasteiger charge is 2.12. The highest BCUT2D eigenvalue weighted by molar-refractivity contribution is 7.07. The number of ether oxygens (including phenoxy) is 1. The number of carbonyl (C=O) groups excluding carboxylic acids is 1. The number of hydrogen-bond donors (Lipinski definition) is 0. The standard InChI is InChI=1S/C14H18O2S/c15-14(7-6-13-8-9-17-11-13)16-10-12-4-2-1-3-5-12/h1-2,8-9,11-12H,3-7,10H2. The molecule has 0 spiro atoms. The summed E-state index contributed by atoms with van der Waals surface area (Å²) in [6.45, 7) is 0.590. The van der Waals surface area contributed by atoms with Crippen LogP contribution < -0.4 is 0 Å². The molecule has 1 aromatic rings. The Morgan fingerprint density at radius 3 is 3.12 bits per heavy atom. The van der Waals surface area contributed by atoms with Crippen LogP contribution in [0.15, 0.2) is 29.0 Å². The Balaban J connectivity index is 1.62. The van der Waals surface area contributed by atoms with E-state index in [4.69, 9.17) is 4.74 Å². The number of thiophene rings is 1. The highest BCUT2D eigenvalue weighted by atomic mass is 32.1. The Morgan fingerprint density at radius 2 is 2.41 bits per heavy atom. The summed E-state index contributed by atoms with van der Waals surface area (Å²) >= 11 is 1.67. The minimum atomic E-state index is -0.0641. The van der Waals surface area contributed by atoms with Crippen LogP contribution in [-0.4, -0.2) is 12.6 Å². The Hall–Kier alpha value is -1.09. The van der Waals surface area contributed by atoms with E-state index >= 15 is 0 Å². The lowest BCUT2D eigenvalue weighted by molar-refractivity contribution is -0.145. The maximum absolute atomic E-state index is 11.5. The number of aryl methyl sites for hydroxylation is 1. The molecule has 0 aromatic carbocycles. The van der Waals surface area contributed by atoms with Gasteiger partial charge in [0.05, 0.1) is 6.61 Å². The molecule has 0 bridgehead atoms. The minimum absolute atomic E-state index is 0.0641. The molecule has 0 aliphatic heterocycles. The van der Waals surface area contributed by atoms with Gasteiger partial charge < -0.3 is 4.74 Å². The van der Waals surface area contributed by atoms with Crippen LogP contribution in [0.5, 0.6) is 0 Å². The van der Waals surface area contributed by atoms with Crippen LogP contribution in [0.1, 0.15) is 31.2 Å². The molecule has 1 aliphatic carbocycles. The van der Waals surface area contributed by atoms with Gasteiger partial charge in [-0.3, -0.25) is 4.79 Å². The van der Waals surface area contributed by atoms with Crippen molar-refractivity contribution in [2.45, 2.75) is 32.1 Å². The topological polar surface area (TPSA) is 26.3 Å². The Morgan fingerprint density at radius 1 is 1.47 bits per heavy atom. The predicted octanol–water partition coefficient (Wildman–Crippen LogP) is 3.58. The normalized spacial score (nSPS) is 19.2. The molecule has 1 heterocycles. The average molecular weight is 250 g/mol. The summed E-state index contributed by atoms with van der Waals surface area (Å²) in [6, 6.07) is 2.06. The van der Waals surface area contributed by atoms with Crippen molar-refractivity contribution in [3.8, 4) is 0 Å². The van der Waals surface area contributed by atoms with Gasteiger partial charge in [-0.1, -0.05) is 12.2 Å². The molecule has 3 heteroatoms. The lowest BCUT2D eigenvalue weighted by Crippen LogP contribution is -2.15. The molecular weight excluding hydrogens is 232 g/mol. The van der Waals surface area contributed by atoms with Crippen LogP contribution in [-0.2, 0) is 16.0 Å². The van der Waals surface area contributed by atoms with Crippen molar-refractivity contribution in [1.29, 1.82) is 0 Å². The summed E-state index contributed by atoms with van der Waals surface area (Å²) in [6.07, 6.45) is 9.01. The summed E-state index contributed by atoms with van der Waals surface area (Å²) in [5.74, 6) is 0.468.